The van der Waals surface area contributed by atoms with E-state index in [1.807, 2.05) is 32.0 Å². The maximum atomic E-state index is 12.7. The number of carbonyl (C=O) groups excluding carboxylic acids is 3. The highest BCUT2D eigenvalue weighted by Gasteiger charge is 2.24. The molecule has 0 aliphatic heterocycles. The summed E-state index contributed by atoms with van der Waals surface area (Å²) in [6.07, 6.45) is 1.44. The zero-order chi connectivity index (χ0) is 23.3. The van der Waals surface area contributed by atoms with E-state index < -0.39 is 24.5 Å². The molecule has 1 N–H and O–H groups in total. The predicted octanol–water partition coefficient (Wildman–Crippen LogP) is 5.05. The number of rotatable bonds is 7. The number of nitrogens with zero attached hydrogens (tertiary/aromatic N) is 1. The normalized spacial score (nSPS) is 10.5. The number of amides is 1. The Morgan fingerprint density at radius 2 is 1.88 bits per heavy atom. The molecule has 0 saturated heterocycles. The second-order valence-electron chi connectivity index (χ2n) is 6.86. The molecule has 0 saturated carbocycles. The van der Waals surface area contributed by atoms with Crippen LogP contribution in [0.3, 0.4) is 0 Å². The number of nitrogens with one attached hydrogen (secondary N) is 1. The highest BCUT2D eigenvalue weighted by atomic mass is 35.5. The van der Waals surface area contributed by atoms with Crippen molar-refractivity contribution in [3.8, 4) is 11.1 Å². The number of pyridine rings is 1. The molecule has 0 aliphatic carbocycles. The molecule has 0 fully saturated rings. The van der Waals surface area contributed by atoms with Crippen LogP contribution in [-0.4, -0.2) is 36.0 Å². The first-order valence-electron chi connectivity index (χ1n) is 9.75. The van der Waals surface area contributed by atoms with Crippen LogP contribution < -0.4 is 5.32 Å². The summed E-state index contributed by atoms with van der Waals surface area (Å²) < 4.78 is 10.2. The van der Waals surface area contributed by atoms with Gasteiger partial charge in [-0.3, -0.25) is 4.79 Å². The molecule has 0 bridgehead atoms. The molecule has 7 nitrogen and oxygen atoms in total. The average Bonchev–Trinajstić information content (AvgIpc) is 3.15. The molecule has 9 heteroatoms. The number of thiophene rings is 1. The molecule has 0 aliphatic rings. The van der Waals surface area contributed by atoms with E-state index >= 15 is 0 Å². The molecular formula is C23H21ClN2O5S. The zero-order valence-electron chi connectivity index (χ0n) is 17.7. The Morgan fingerprint density at radius 1 is 1.09 bits per heavy atom. The van der Waals surface area contributed by atoms with Crippen molar-refractivity contribution in [3.63, 3.8) is 0 Å². The minimum atomic E-state index is -0.772. The molecule has 166 valence electrons. The van der Waals surface area contributed by atoms with Gasteiger partial charge in [-0.25, -0.2) is 14.6 Å². The van der Waals surface area contributed by atoms with Gasteiger partial charge in [0, 0.05) is 17.1 Å². The first-order chi connectivity index (χ1) is 15.3. The van der Waals surface area contributed by atoms with Gasteiger partial charge >= 0.3 is 11.9 Å². The van der Waals surface area contributed by atoms with Crippen molar-refractivity contribution in [1.29, 1.82) is 0 Å². The third kappa shape index (κ3) is 5.33. The predicted molar refractivity (Wildman–Crippen MR) is 123 cm³/mol. The molecule has 1 amide bonds. The quantitative estimate of drug-likeness (QED) is 0.382. The Balaban J connectivity index is 1.80. The summed E-state index contributed by atoms with van der Waals surface area (Å²) in [4.78, 5) is 41.1. The first-order valence-corrected chi connectivity index (χ1v) is 11.0. The monoisotopic (exact) mass is 472 g/mol. The number of hydrogen-bond acceptors (Lipinski definition) is 7. The van der Waals surface area contributed by atoms with E-state index in [1.54, 1.807) is 12.3 Å². The van der Waals surface area contributed by atoms with Gasteiger partial charge in [0.15, 0.2) is 6.61 Å². The topological polar surface area (TPSA) is 94.6 Å². The molecule has 3 aromatic rings. The van der Waals surface area contributed by atoms with Crippen LogP contribution in [0.4, 0.5) is 5.00 Å². The van der Waals surface area contributed by atoms with Gasteiger partial charge in [-0.1, -0.05) is 35.4 Å². The number of carbonyl (C=O) groups is 3. The van der Waals surface area contributed by atoms with Crippen molar-refractivity contribution >= 4 is 45.8 Å². The van der Waals surface area contributed by atoms with Crippen molar-refractivity contribution < 1.29 is 23.9 Å². The van der Waals surface area contributed by atoms with Gasteiger partial charge in [0.25, 0.3) is 5.91 Å². The summed E-state index contributed by atoms with van der Waals surface area (Å²) in [6.45, 7) is 5.29. The van der Waals surface area contributed by atoms with Crippen molar-refractivity contribution in [1.82, 2.24) is 4.98 Å². The number of ether oxygens (including phenoxy) is 2. The molecule has 0 atom stereocenters. The minimum Gasteiger partial charge on any atom is -0.462 e. The lowest BCUT2D eigenvalue weighted by molar-refractivity contribution is -0.119. The van der Waals surface area contributed by atoms with Crippen LogP contribution in [-0.2, 0) is 14.3 Å². The second-order valence-corrected chi connectivity index (χ2v) is 8.10. The summed E-state index contributed by atoms with van der Waals surface area (Å²) in [7, 11) is 0. The molecule has 0 radical (unpaired) electrons. The molecule has 1 aromatic carbocycles. The van der Waals surface area contributed by atoms with Gasteiger partial charge in [-0.15, -0.1) is 11.3 Å². The number of hydrogen-bond donors (Lipinski definition) is 1. The van der Waals surface area contributed by atoms with E-state index in [1.165, 1.54) is 29.7 Å². The SMILES string of the molecule is CCOC(=O)c1c(-c2ccc(C)cc2C)csc1NC(=O)COC(=O)c1cccnc1Cl. The Hall–Kier alpha value is -3.23. The number of aryl methyl sites for hydroxylation is 2. The Kier molecular flexibility index (Phi) is 7.61. The third-order valence-electron chi connectivity index (χ3n) is 4.51. The molecule has 2 heterocycles. The summed E-state index contributed by atoms with van der Waals surface area (Å²) in [5.41, 5.74) is 3.95. The maximum Gasteiger partial charge on any atom is 0.341 e. The highest BCUT2D eigenvalue weighted by molar-refractivity contribution is 7.15. The van der Waals surface area contributed by atoms with E-state index in [0.29, 0.717) is 10.6 Å². The lowest BCUT2D eigenvalue weighted by Crippen LogP contribution is -2.22. The van der Waals surface area contributed by atoms with Gasteiger partial charge in [0.2, 0.25) is 0 Å². The fraction of sp³-hybridized carbons (Fsp3) is 0.217. The van der Waals surface area contributed by atoms with Gasteiger partial charge in [-0.05, 0) is 44.0 Å². The van der Waals surface area contributed by atoms with Gasteiger partial charge in [0.1, 0.15) is 15.7 Å². The van der Waals surface area contributed by atoms with Crippen LogP contribution in [0.2, 0.25) is 5.15 Å². The van der Waals surface area contributed by atoms with Crippen LogP contribution in [0.25, 0.3) is 11.1 Å². The first kappa shape index (κ1) is 23.4. The number of halogens is 1. The fourth-order valence-corrected chi connectivity index (χ4v) is 4.24. The van der Waals surface area contributed by atoms with Gasteiger partial charge in [0.05, 0.1) is 12.2 Å². The maximum absolute atomic E-state index is 12.7. The number of anilines is 1. The third-order valence-corrected chi connectivity index (χ3v) is 5.71. The number of esters is 2. The van der Waals surface area contributed by atoms with Crippen LogP contribution in [0.1, 0.15) is 38.8 Å². The van der Waals surface area contributed by atoms with Gasteiger partial charge < -0.3 is 14.8 Å². The van der Waals surface area contributed by atoms with Crippen molar-refractivity contribution in [2.24, 2.45) is 0 Å². The summed E-state index contributed by atoms with van der Waals surface area (Å²) in [6, 6.07) is 8.89. The van der Waals surface area contributed by atoms with Crippen molar-refractivity contribution in [2.75, 3.05) is 18.5 Å². The molecule has 2 aromatic heterocycles. The smallest absolute Gasteiger partial charge is 0.341 e. The molecule has 0 unspecified atom stereocenters. The summed E-state index contributed by atoms with van der Waals surface area (Å²) >= 11 is 7.07. The largest absolute Gasteiger partial charge is 0.462 e. The standard InChI is InChI=1S/C23H21ClN2O5S/c1-4-30-23(29)19-17(15-8-7-13(2)10-14(15)3)12-32-21(19)26-18(27)11-31-22(28)16-6-5-9-25-20(16)24/h5-10,12H,4,11H2,1-3H3,(H,26,27). The van der Waals surface area contributed by atoms with E-state index in [4.69, 9.17) is 21.1 Å². The highest BCUT2D eigenvalue weighted by Crippen LogP contribution is 2.37. The summed E-state index contributed by atoms with van der Waals surface area (Å²) in [5, 5.41) is 4.74. The van der Waals surface area contributed by atoms with E-state index in [-0.39, 0.29) is 22.9 Å². The number of aromatic nitrogens is 1. The van der Waals surface area contributed by atoms with Crippen molar-refractivity contribution in [2.45, 2.75) is 20.8 Å². The molecule has 3 rings (SSSR count). The van der Waals surface area contributed by atoms with Crippen LogP contribution in [0.15, 0.2) is 41.9 Å². The second kappa shape index (κ2) is 10.4. The molecular weight excluding hydrogens is 452 g/mol. The Morgan fingerprint density at radius 3 is 2.56 bits per heavy atom. The average molecular weight is 473 g/mol. The van der Waals surface area contributed by atoms with E-state index in [9.17, 15) is 14.4 Å². The van der Waals surface area contributed by atoms with E-state index in [0.717, 1.165) is 16.7 Å². The fourth-order valence-electron chi connectivity index (χ4n) is 3.08. The zero-order valence-corrected chi connectivity index (χ0v) is 19.3. The van der Waals surface area contributed by atoms with Gasteiger partial charge in [-0.2, -0.15) is 0 Å². The Labute approximate surface area is 194 Å². The van der Waals surface area contributed by atoms with E-state index in [2.05, 4.69) is 10.3 Å². The van der Waals surface area contributed by atoms with Crippen LogP contribution in [0, 0.1) is 13.8 Å². The lowest BCUT2D eigenvalue weighted by Gasteiger charge is -2.11. The van der Waals surface area contributed by atoms with Crippen LogP contribution in [0.5, 0.6) is 0 Å². The minimum absolute atomic E-state index is 0.0149. The van der Waals surface area contributed by atoms with Crippen LogP contribution >= 0.6 is 22.9 Å². The Bertz CT molecular complexity index is 1170. The number of benzene rings is 1. The lowest BCUT2D eigenvalue weighted by atomic mass is 9.97. The van der Waals surface area contributed by atoms with Crippen molar-refractivity contribution in [3.05, 3.63) is 69.3 Å². The summed E-state index contributed by atoms with van der Waals surface area (Å²) in [5.74, 6) is -1.91. The molecule has 32 heavy (non-hydrogen) atoms. The molecule has 0 spiro atoms.